The number of rotatable bonds is 2. The van der Waals surface area contributed by atoms with E-state index < -0.39 is 0 Å². The minimum Gasteiger partial charge on any atom is -0.378 e. The van der Waals surface area contributed by atoms with E-state index in [0.29, 0.717) is 6.04 Å². The lowest BCUT2D eigenvalue weighted by Crippen LogP contribution is -2.15. The van der Waals surface area contributed by atoms with Gasteiger partial charge < -0.3 is 5.32 Å². The molecule has 4 heteroatoms. The molecule has 1 aromatic carbocycles. The summed E-state index contributed by atoms with van der Waals surface area (Å²) in [6.07, 6.45) is 3.70. The number of aryl methyl sites for hydroxylation is 2. The fourth-order valence-corrected chi connectivity index (χ4v) is 4.86. The molecule has 0 amide bonds. The minimum absolute atomic E-state index is 0.433. The summed E-state index contributed by atoms with van der Waals surface area (Å²) in [7, 11) is 0. The third-order valence-corrected chi connectivity index (χ3v) is 5.97. The number of benzene rings is 1. The van der Waals surface area contributed by atoms with Crippen molar-refractivity contribution in [3.05, 3.63) is 48.2 Å². The van der Waals surface area contributed by atoms with Gasteiger partial charge in [-0.05, 0) is 78.1 Å². The van der Waals surface area contributed by atoms with Gasteiger partial charge in [-0.15, -0.1) is 11.3 Å². The van der Waals surface area contributed by atoms with Crippen LogP contribution in [0.4, 0.5) is 5.69 Å². The molecule has 1 aromatic heterocycles. The van der Waals surface area contributed by atoms with E-state index in [2.05, 4.69) is 46.1 Å². The molecule has 0 aliphatic heterocycles. The SMILES string of the molecule is Cc1ccc(NC2CCCc3sc(I)cc32)cc1Cl. The molecule has 1 atom stereocenters. The van der Waals surface area contributed by atoms with E-state index in [1.807, 2.05) is 24.3 Å². The van der Waals surface area contributed by atoms with Crippen LogP contribution < -0.4 is 5.32 Å². The van der Waals surface area contributed by atoms with Gasteiger partial charge in [0.15, 0.2) is 0 Å². The lowest BCUT2D eigenvalue weighted by molar-refractivity contribution is 0.609. The molecule has 0 radical (unpaired) electrons. The number of thiophene rings is 1. The maximum Gasteiger partial charge on any atom is 0.0660 e. The quantitative estimate of drug-likeness (QED) is 0.624. The van der Waals surface area contributed by atoms with Crippen molar-refractivity contribution in [3.8, 4) is 0 Å². The molecule has 0 bridgehead atoms. The second-order valence-electron chi connectivity index (χ2n) is 4.98. The molecule has 1 unspecified atom stereocenters. The van der Waals surface area contributed by atoms with Crippen LogP contribution in [-0.2, 0) is 6.42 Å². The number of hydrogen-bond donors (Lipinski definition) is 1. The first-order valence-electron chi connectivity index (χ1n) is 6.44. The molecular weight excluding hydrogens is 389 g/mol. The van der Waals surface area contributed by atoms with Crippen molar-refractivity contribution in [3.63, 3.8) is 0 Å². The second kappa shape index (κ2) is 5.62. The van der Waals surface area contributed by atoms with E-state index in [9.17, 15) is 0 Å². The predicted octanol–water partition coefficient (Wildman–Crippen LogP) is 5.80. The highest BCUT2D eigenvalue weighted by Crippen LogP contribution is 2.38. The largest absolute Gasteiger partial charge is 0.378 e. The number of fused-ring (bicyclic) bond motifs is 1. The molecule has 0 spiro atoms. The van der Waals surface area contributed by atoms with Crippen LogP contribution in [0.1, 0.15) is 34.9 Å². The summed E-state index contributed by atoms with van der Waals surface area (Å²) in [6, 6.07) is 8.98. The molecule has 0 saturated heterocycles. The van der Waals surface area contributed by atoms with Crippen LogP contribution in [0.3, 0.4) is 0 Å². The molecular formula is C15H15ClINS. The molecule has 100 valence electrons. The van der Waals surface area contributed by atoms with Crippen molar-refractivity contribution in [2.45, 2.75) is 32.2 Å². The fourth-order valence-electron chi connectivity index (χ4n) is 2.56. The van der Waals surface area contributed by atoms with Crippen molar-refractivity contribution in [1.29, 1.82) is 0 Å². The Morgan fingerprint density at radius 2 is 2.21 bits per heavy atom. The highest BCUT2D eigenvalue weighted by molar-refractivity contribution is 14.1. The first-order chi connectivity index (χ1) is 9.13. The highest BCUT2D eigenvalue weighted by atomic mass is 127. The van der Waals surface area contributed by atoms with Crippen LogP contribution in [-0.4, -0.2) is 0 Å². The molecule has 1 heterocycles. The zero-order valence-corrected chi connectivity index (χ0v) is 14.4. The topological polar surface area (TPSA) is 12.0 Å². The normalized spacial score (nSPS) is 18.2. The van der Waals surface area contributed by atoms with Crippen LogP contribution in [0.5, 0.6) is 0 Å². The summed E-state index contributed by atoms with van der Waals surface area (Å²) >= 11 is 10.5. The number of nitrogens with one attached hydrogen (secondary N) is 1. The Balaban J connectivity index is 1.86. The molecule has 1 aliphatic carbocycles. The fraction of sp³-hybridized carbons (Fsp3) is 0.333. The van der Waals surface area contributed by atoms with Crippen molar-refractivity contribution in [2.24, 2.45) is 0 Å². The van der Waals surface area contributed by atoms with Crippen molar-refractivity contribution in [2.75, 3.05) is 5.32 Å². The first-order valence-corrected chi connectivity index (χ1v) is 8.71. The summed E-state index contributed by atoms with van der Waals surface area (Å²) in [5.41, 5.74) is 3.73. The van der Waals surface area contributed by atoms with E-state index in [4.69, 9.17) is 11.6 Å². The average Bonchev–Trinajstić information content (AvgIpc) is 2.75. The monoisotopic (exact) mass is 403 g/mol. The molecule has 1 N–H and O–H groups in total. The maximum absolute atomic E-state index is 6.20. The van der Waals surface area contributed by atoms with Gasteiger partial charge in [-0.2, -0.15) is 0 Å². The molecule has 0 saturated carbocycles. The standard InChI is InChI=1S/C15H15ClINS/c1-9-5-6-10(7-12(9)16)18-13-3-2-4-14-11(13)8-15(17)19-14/h5-8,13,18H,2-4H2,1H3. The Labute approximate surface area is 136 Å². The van der Waals surface area contributed by atoms with Crippen molar-refractivity contribution < 1.29 is 0 Å². The van der Waals surface area contributed by atoms with Crippen LogP contribution in [0, 0.1) is 9.81 Å². The molecule has 1 aliphatic rings. The van der Waals surface area contributed by atoms with Crippen molar-refractivity contribution >= 4 is 51.2 Å². The third kappa shape index (κ3) is 2.93. The maximum atomic E-state index is 6.20. The summed E-state index contributed by atoms with van der Waals surface area (Å²) < 4.78 is 1.39. The van der Waals surface area contributed by atoms with Gasteiger partial charge in [0.2, 0.25) is 0 Å². The van der Waals surface area contributed by atoms with E-state index in [0.717, 1.165) is 16.3 Å². The van der Waals surface area contributed by atoms with Crippen molar-refractivity contribution in [1.82, 2.24) is 0 Å². The Morgan fingerprint density at radius 1 is 1.37 bits per heavy atom. The summed E-state index contributed by atoms with van der Waals surface area (Å²) in [6.45, 7) is 2.03. The van der Waals surface area contributed by atoms with Crippen LogP contribution in [0.2, 0.25) is 5.02 Å². The summed E-state index contributed by atoms with van der Waals surface area (Å²) in [5.74, 6) is 0. The van der Waals surface area contributed by atoms with Gasteiger partial charge in [0.05, 0.1) is 8.93 Å². The average molecular weight is 404 g/mol. The van der Waals surface area contributed by atoms with Gasteiger partial charge in [0.25, 0.3) is 0 Å². The number of halogens is 2. The van der Waals surface area contributed by atoms with Gasteiger partial charge in [-0.25, -0.2) is 0 Å². The molecule has 0 fully saturated rings. The van der Waals surface area contributed by atoms with Gasteiger partial charge in [0, 0.05) is 15.6 Å². The molecule has 19 heavy (non-hydrogen) atoms. The van der Waals surface area contributed by atoms with Crippen LogP contribution in [0.25, 0.3) is 0 Å². The van der Waals surface area contributed by atoms with Gasteiger partial charge in [-0.1, -0.05) is 17.7 Å². The van der Waals surface area contributed by atoms with Crippen LogP contribution in [0.15, 0.2) is 24.3 Å². The summed E-state index contributed by atoms with van der Waals surface area (Å²) in [5, 5.41) is 4.47. The van der Waals surface area contributed by atoms with Gasteiger partial charge >= 0.3 is 0 Å². The zero-order valence-electron chi connectivity index (χ0n) is 10.7. The van der Waals surface area contributed by atoms with Gasteiger partial charge in [-0.3, -0.25) is 0 Å². The predicted molar refractivity (Wildman–Crippen MR) is 92.5 cm³/mol. The lowest BCUT2D eigenvalue weighted by atomic mass is 9.94. The highest BCUT2D eigenvalue weighted by Gasteiger charge is 2.22. The van der Waals surface area contributed by atoms with Crippen LogP contribution >= 0.6 is 45.5 Å². The van der Waals surface area contributed by atoms with E-state index in [1.54, 1.807) is 4.88 Å². The van der Waals surface area contributed by atoms with E-state index in [-0.39, 0.29) is 0 Å². The molecule has 3 rings (SSSR count). The Bertz CT molecular complexity index is 608. The smallest absolute Gasteiger partial charge is 0.0660 e. The summed E-state index contributed by atoms with van der Waals surface area (Å²) in [4.78, 5) is 1.55. The Hall–Kier alpha value is -0.260. The van der Waals surface area contributed by atoms with E-state index in [1.165, 1.54) is 27.7 Å². The van der Waals surface area contributed by atoms with Gasteiger partial charge in [0.1, 0.15) is 0 Å². The Morgan fingerprint density at radius 3 is 3.00 bits per heavy atom. The number of hydrogen-bond acceptors (Lipinski definition) is 2. The number of anilines is 1. The zero-order chi connectivity index (χ0) is 13.4. The molecule has 2 aromatic rings. The van der Waals surface area contributed by atoms with E-state index >= 15 is 0 Å². The first kappa shape index (κ1) is 13.7. The Kier molecular flexibility index (Phi) is 4.06. The second-order valence-corrected chi connectivity index (χ2v) is 8.42. The molecule has 1 nitrogen and oxygen atoms in total. The minimum atomic E-state index is 0.433. The lowest BCUT2D eigenvalue weighted by Gasteiger charge is -2.24. The third-order valence-electron chi connectivity index (χ3n) is 3.60.